The van der Waals surface area contributed by atoms with E-state index >= 15 is 0 Å². The minimum Gasteiger partial charge on any atom is -0.316 e. The zero-order chi connectivity index (χ0) is 19.1. The molecule has 0 saturated carbocycles. The standard InChI is InChI=1S/C25H27N3/c1-19-4-3-5-22-10-11-28(25(19)22)24-9-8-21-7-6-20(16-23(21)17-24)18-27-14-12-26(2)13-15-27/h3-11,16-17H,12-15,18H2,1-2H3. The minimum absolute atomic E-state index is 1.04. The van der Waals surface area contributed by atoms with Gasteiger partial charge in [-0.05, 0) is 60.1 Å². The van der Waals surface area contributed by atoms with Gasteiger partial charge in [-0.15, -0.1) is 0 Å². The van der Waals surface area contributed by atoms with Crippen molar-refractivity contribution in [1.29, 1.82) is 0 Å². The number of piperazine rings is 1. The lowest BCUT2D eigenvalue weighted by Crippen LogP contribution is -2.43. The first kappa shape index (κ1) is 17.5. The van der Waals surface area contributed by atoms with Crippen molar-refractivity contribution in [2.75, 3.05) is 33.2 Å². The van der Waals surface area contributed by atoms with E-state index in [2.05, 4.69) is 95.2 Å². The van der Waals surface area contributed by atoms with E-state index < -0.39 is 0 Å². The molecule has 0 atom stereocenters. The van der Waals surface area contributed by atoms with Gasteiger partial charge in [-0.1, -0.05) is 36.4 Å². The van der Waals surface area contributed by atoms with Crippen molar-refractivity contribution in [3.05, 3.63) is 78.0 Å². The third kappa shape index (κ3) is 3.21. The summed E-state index contributed by atoms with van der Waals surface area (Å²) in [5.41, 5.74) is 5.25. The Bertz CT molecular complexity index is 1130. The summed E-state index contributed by atoms with van der Waals surface area (Å²) in [6, 6.07) is 22.4. The second-order valence-electron chi connectivity index (χ2n) is 8.14. The first-order valence-corrected chi connectivity index (χ1v) is 10.2. The van der Waals surface area contributed by atoms with E-state index in [4.69, 9.17) is 0 Å². The molecular formula is C25H27N3. The molecule has 1 saturated heterocycles. The molecule has 28 heavy (non-hydrogen) atoms. The SMILES string of the molecule is Cc1cccc2ccn(-c3ccc4ccc(CN5CCN(C)CC5)cc4c3)c12. The molecule has 1 aromatic heterocycles. The monoisotopic (exact) mass is 369 g/mol. The fourth-order valence-corrected chi connectivity index (χ4v) is 4.39. The quantitative estimate of drug-likeness (QED) is 0.512. The number of nitrogens with zero attached hydrogens (tertiary/aromatic N) is 3. The molecule has 1 aliphatic heterocycles. The number of likely N-dealkylation sites (N-methyl/N-ethyl adjacent to an activating group) is 1. The average molecular weight is 370 g/mol. The molecular weight excluding hydrogens is 342 g/mol. The van der Waals surface area contributed by atoms with Gasteiger partial charge in [0.05, 0.1) is 5.52 Å². The van der Waals surface area contributed by atoms with Crippen LogP contribution in [0.4, 0.5) is 0 Å². The normalized spacial score (nSPS) is 16.2. The molecule has 5 rings (SSSR count). The zero-order valence-corrected chi connectivity index (χ0v) is 16.7. The zero-order valence-electron chi connectivity index (χ0n) is 16.7. The highest BCUT2D eigenvalue weighted by Gasteiger charge is 2.14. The van der Waals surface area contributed by atoms with Crippen molar-refractivity contribution in [2.24, 2.45) is 0 Å². The number of para-hydroxylation sites is 1. The first-order valence-electron chi connectivity index (χ1n) is 10.2. The van der Waals surface area contributed by atoms with Crippen molar-refractivity contribution in [3.63, 3.8) is 0 Å². The lowest BCUT2D eigenvalue weighted by atomic mass is 10.1. The van der Waals surface area contributed by atoms with E-state index in [1.54, 1.807) is 0 Å². The second-order valence-corrected chi connectivity index (χ2v) is 8.14. The van der Waals surface area contributed by atoms with Crippen LogP contribution in [0.15, 0.2) is 66.9 Å². The number of fused-ring (bicyclic) bond motifs is 2. The predicted molar refractivity (Wildman–Crippen MR) is 118 cm³/mol. The fourth-order valence-electron chi connectivity index (χ4n) is 4.39. The Labute approximate surface area is 166 Å². The molecule has 3 nitrogen and oxygen atoms in total. The summed E-state index contributed by atoms with van der Waals surface area (Å²) in [5, 5.41) is 3.92. The summed E-state index contributed by atoms with van der Waals surface area (Å²) in [6.07, 6.45) is 2.19. The van der Waals surface area contributed by atoms with Crippen molar-refractivity contribution < 1.29 is 0 Å². The number of hydrogen-bond acceptors (Lipinski definition) is 2. The molecule has 3 heteroatoms. The molecule has 0 spiro atoms. The highest BCUT2D eigenvalue weighted by molar-refractivity contribution is 5.88. The highest BCUT2D eigenvalue weighted by Crippen LogP contribution is 2.26. The molecule has 0 amide bonds. The van der Waals surface area contributed by atoms with Gasteiger partial charge in [0.1, 0.15) is 0 Å². The van der Waals surface area contributed by atoms with Gasteiger partial charge in [-0.2, -0.15) is 0 Å². The summed E-state index contributed by atoms with van der Waals surface area (Å²) in [5.74, 6) is 0. The maximum Gasteiger partial charge on any atom is 0.0557 e. The Hall–Kier alpha value is -2.62. The molecule has 0 unspecified atom stereocenters. The summed E-state index contributed by atoms with van der Waals surface area (Å²) in [4.78, 5) is 4.97. The van der Waals surface area contributed by atoms with Gasteiger partial charge in [0, 0.05) is 50.0 Å². The van der Waals surface area contributed by atoms with Gasteiger partial charge in [-0.25, -0.2) is 0 Å². The Morgan fingerprint density at radius 2 is 1.61 bits per heavy atom. The molecule has 4 aromatic rings. The smallest absolute Gasteiger partial charge is 0.0557 e. The third-order valence-corrected chi connectivity index (χ3v) is 6.08. The van der Waals surface area contributed by atoms with E-state index in [1.807, 2.05) is 0 Å². The molecule has 2 heterocycles. The maximum absolute atomic E-state index is 2.56. The van der Waals surface area contributed by atoms with Crippen molar-refractivity contribution in [2.45, 2.75) is 13.5 Å². The van der Waals surface area contributed by atoms with Gasteiger partial charge in [0.15, 0.2) is 0 Å². The van der Waals surface area contributed by atoms with Crippen LogP contribution in [-0.4, -0.2) is 47.6 Å². The van der Waals surface area contributed by atoms with Gasteiger partial charge in [-0.3, -0.25) is 4.90 Å². The molecule has 142 valence electrons. The van der Waals surface area contributed by atoms with Gasteiger partial charge in [0.25, 0.3) is 0 Å². The van der Waals surface area contributed by atoms with Gasteiger partial charge >= 0.3 is 0 Å². The first-order chi connectivity index (χ1) is 13.7. The van der Waals surface area contributed by atoms with Gasteiger partial charge in [0.2, 0.25) is 0 Å². The van der Waals surface area contributed by atoms with Crippen LogP contribution in [0.2, 0.25) is 0 Å². The third-order valence-electron chi connectivity index (χ3n) is 6.08. The van der Waals surface area contributed by atoms with Crippen LogP contribution < -0.4 is 0 Å². The molecule has 0 aliphatic carbocycles. The van der Waals surface area contributed by atoms with Crippen LogP contribution in [0, 0.1) is 6.92 Å². The van der Waals surface area contributed by atoms with E-state index in [-0.39, 0.29) is 0 Å². The number of hydrogen-bond donors (Lipinski definition) is 0. The lowest BCUT2D eigenvalue weighted by molar-refractivity contribution is 0.148. The van der Waals surface area contributed by atoms with Crippen LogP contribution in [0.25, 0.3) is 27.4 Å². The predicted octanol–water partition coefficient (Wildman–Crippen LogP) is 4.84. The minimum atomic E-state index is 1.04. The molecule has 1 aliphatic rings. The van der Waals surface area contributed by atoms with Crippen LogP contribution >= 0.6 is 0 Å². The summed E-state index contributed by atoms with van der Waals surface area (Å²) < 4.78 is 2.32. The average Bonchev–Trinajstić information content (AvgIpc) is 3.15. The Kier molecular flexibility index (Phi) is 4.42. The topological polar surface area (TPSA) is 11.4 Å². The number of aromatic nitrogens is 1. The second kappa shape index (κ2) is 7.08. The van der Waals surface area contributed by atoms with E-state index in [0.717, 1.165) is 32.7 Å². The van der Waals surface area contributed by atoms with E-state index in [1.165, 1.54) is 38.5 Å². The number of benzene rings is 3. The summed E-state index contributed by atoms with van der Waals surface area (Å²) >= 11 is 0. The van der Waals surface area contributed by atoms with Crippen LogP contribution in [-0.2, 0) is 6.54 Å². The highest BCUT2D eigenvalue weighted by atomic mass is 15.2. The van der Waals surface area contributed by atoms with Crippen molar-refractivity contribution >= 4 is 21.7 Å². The molecule has 0 N–H and O–H groups in total. The lowest BCUT2D eigenvalue weighted by Gasteiger charge is -2.32. The van der Waals surface area contributed by atoms with E-state index in [0.29, 0.717) is 0 Å². The van der Waals surface area contributed by atoms with Gasteiger partial charge < -0.3 is 9.47 Å². The van der Waals surface area contributed by atoms with Crippen LogP contribution in [0.3, 0.4) is 0 Å². The maximum atomic E-state index is 2.56. The fraction of sp³-hybridized carbons (Fsp3) is 0.280. The number of aryl methyl sites for hydroxylation is 1. The molecule has 0 radical (unpaired) electrons. The van der Waals surface area contributed by atoms with Crippen LogP contribution in [0.1, 0.15) is 11.1 Å². The largest absolute Gasteiger partial charge is 0.316 e. The Morgan fingerprint density at radius 1 is 0.786 bits per heavy atom. The molecule has 1 fully saturated rings. The summed E-state index contributed by atoms with van der Waals surface area (Å²) in [6.45, 7) is 7.87. The molecule has 0 bridgehead atoms. The number of rotatable bonds is 3. The van der Waals surface area contributed by atoms with Crippen LogP contribution in [0.5, 0.6) is 0 Å². The Morgan fingerprint density at radius 3 is 2.46 bits per heavy atom. The van der Waals surface area contributed by atoms with Crippen molar-refractivity contribution in [3.8, 4) is 5.69 Å². The van der Waals surface area contributed by atoms with E-state index in [9.17, 15) is 0 Å². The summed E-state index contributed by atoms with van der Waals surface area (Å²) in [7, 11) is 2.21. The Balaban J connectivity index is 1.49. The van der Waals surface area contributed by atoms with Crippen molar-refractivity contribution in [1.82, 2.24) is 14.4 Å². The molecule has 3 aromatic carbocycles.